The molecule has 0 aliphatic rings. The third-order valence-corrected chi connectivity index (χ3v) is 5.96. The Morgan fingerprint density at radius 2 is 1.71 bits per heavy atom. The quantitative estimate of drug-likeness (QED) is 0.555. The summed E-state index contributed by atoms with van der Waals surface area (Å²) in [7, 11) is 0. The van der Waals surface area contributed by atoms with Crippen LogP contribution >= 0.6 is 11.3 Å². The fraction of sp³-hybridized carbons (Fsp3) is 0.364. The van der Waals surface area contributed by atoms with E-state index in [0.29, 0.717) is 16.8 Å². The predicted molar refractivity (Wildman–Crippen MR) is 121 cm³/mol. The van der Waals surface area contributed by atoms with Gasteiger partial charge in [0.1, 0.15) is 17.8 Å². The van der Waals surface area contributed by atoms with E-state index in [4.69, 9.17) is 0 Å². The average Bonchev–Trinajstić information content (AvgIpc) is 3.23. The first-order valence-corrected chi connectivity index (χ1v) is 11.0. The molecule has 31 heavy (non-hydrogen) atoms. The molecule has 0 bridgehead atoms. The molecule has 8 nitrogen and oxygen atoms in total. The lowest BCUT2D eigenvalue weighted by atomic mass is 10.1. The van der Waals surface area contributed by atoms with E-state index in [1.165, 1.54) is 15.9 Å². The van der Waals surface area contributed by atoms with Gasteiger partial charge in [-0.3, -0.25) is 19.0 Å². The van der Waals surface area contributed by atoms with Crippen LogP contribution in [0.1, 0.15) is 31.4 Å². The van der Waals surface area contributed by atoms with Gasteiger partial charge in [-0.2, -0.15) is 0 Å². The Hall–Kier alpha value is -3.20. The summed E-state index contributed by atoms with van der Waals surface area (Å²) in [6, 6.07) is 9.31. The summed E-state index contributed by atoms with van der Waals surface area (Å²) >= 11 is 1.18. The molecule has 1 atom stereocenters. The Bertz CT molecular complexity index is 1210. The number of benzene rings is 1. The van der Waals surface area contributed by atoms with Gasteiger partial charge in [-0.15, -0.1) is 11.3 Å². The van der Waals surface area contributed by atoms with Gasteiger partial charge in [0, 0.05) is 12.6 Å². The molecule has 2 aromatic heterocycles. The Morgan fingerprint density at radius 1 is 1.03 bits per heavy atom. The molecule has 9 heteroatoms. The molecule has 2 N–H and O–H groups in total. The highest BCUT2D eigenvalue weighted by Crippen LogP contribution is 2.15. The van der Waals surface area contributed by atoms with Crippen LogP contribution in [0.25, 0.3) is 10.2 Å². The number of hydrogen-bond acceptors (Lipinski definition) is 5. The lowest BCUT2D eigenvalue weighted by molar-refractivity contribution is -0.122. The normalized spacial score (nSPS) is 12.0. The number of carbonyl (C=O) groups is 2. The maximum absolute atomic E-state index is 13.0. The van der Waals surface area contributed by atoms with E-state index in [1.807, 2.05) is 45.0 Å². The highest BCUT2D eigenvalue weighted by molar-refractivity contribution is 7.17. The predicted octanol–water partition coefficient (Wildman–Crippen LogP) is 1.76. The number of aryl methyl sites for hydroxylation is 1. The number of thiophene rings is 1. The average molecular weight is 443 g/mol. The van der Waals surface area contributed by atoms with Crippen molar-refractivity contribution in [1.29, 1.82) is 0 Å². The van der Waals surface area contributed by atoms with Crippen LogP contribution in [-0.4, -0.2) is 27.0 Å². The Kier molecular flexibility index (Phi) is 7.06. The van der Waals surface area contributed by atoms with Gasteiger partial charge in [-0.05, 0) is 37.3 Å². The van der Waals surface area contributed by atoms with Crippen LogP contribution < -0.4 is 21.9 Å². The van der Waals surface area contributed by atoms with Crippen molar-refractivity contribution in [3.05, 3.63) is 67.7 Å². The van der Waals surface area contributed by atoms with E-state index in [0.717, 1.165) is 22.1 Å². The van der Waals surface area contributed by atoms with Crippen LogP contribution in [0.3, 0.4) is 0 Å². The molecule has 2 heterocycles. The standard InChI is InChI=1S/C22H26N4O4S/c1-4-15(3)24-19(28)13-25-17-9-10-31-20(17)21(29)26(22(25)30)12-18(27)23-11-16-7-5-14(2)6-8-16/h5-10,15H,4,11-13H2,1-3H3,(H,23,27)(H,24,28)/t15-/m1/s1. The van der Waals surface area contributed by atoms with Gasteiger partial charge in [-0.1, -0.05) is 36.8 Å². The Morgan fingerprint density at radius 3 is 2.39 bits per heavy atom. The molecule has 0 unspecified atom stereocenters. The lowest BCUT2D eigenvalue weighted by Gasteiger charge is -2.14. The van der Waals surface area contributed by atoms with Crippen LogP contribution in [-0.2, 0) is 29.2 Å². The van der Waals surface area contributed by atoms with Crippen molar-refractivity contribution in [2.24, 2.45) is 0 Å². The number of rotatable bonds is 8. The molecule has 0 radical (unpaired) electrons. The minimum Gasteiger partial charge on any atom is -0.352 e. The van der Waals surface area contributed by atoms with Gasteiger partial charge in [0.05, 0.1) is 5.52 Å². The molecule has 0 saturated heterocycles. The first kappa shape index (κ1) is 22.5. The minimum atomic E-state index is -0.680. The SMILES string of the molecule is CC[C@@H](C)NC(=O)Cn1c(=O)n(CC(=O)NCc2ccc(C)cc2)c(=O)c2sccc21. The molecule has 0 saturated carbocycles. The topological polar surface area (TPSA) is 102 Å². The van der Waals surface area contributed by atoms with Crippen molar-refractivity contribution >= 4 is 33.4 Å². The van der Waals surface area contributed by atoms with Crippen molar-refractivity contribution in [2.75, 3.05) is 0 Å². The van der Waals surface area contributed by atoms with Crippen molar-refractivity contribution in [3.8, 4) is 0 Å². The van der Waals surface area contributed by atoms with Crippen molar-refractivity contribution in [3.63, 3.8) is 0 Å². The highest BCUT2D eigenvalue weighted by atomic mass is 32.1. The van der Waals surface area contributed by atoms with Crippen molar-refractivity contribution in [2.45, 2.75) is 52.9 Å². The molecule has 3 rings (SSSR count). The molecule has 0 spiro atoms. The number of carbonyl (C=O) groups excluding carboxylic acids is 2. The summed E-state index contributed by atoms with van der Waals surface area (Å²) in [5.41, 5.74) is 1.22. The summed E-state index contributed by atoms with van der Waals surface area (Å²) < 4.78 is 2.47. The molecule has 164 valence electrons. The van der Waals surface area contributed by atoms with Gasteiger partial charge >= 0.3 is 5.69 Å². The van der Waals surface area contributed by atoms with Crippen molar-refractivity contribution < 1.29 is 9.59 Å². The van der Waals surface area contributed by atoms with Crippen molar-refractivity contribution in [1.82, 2.24) is 19.8 Å². The van der Waals surface area contributed by atoms with Gasteiger partial charge in [0.15, 0.2) is 0 Å². The molecular weight excluding hydrogens is 416 g/mol. The highest BCUT2D eigenvalue weighted by Gasteiger charge is 2.18. The summed E-state index contributed by atoms with van der Waals surface area (Å²) in [5.74, 6) is -0.774. The van der Waals surface area contributed by atoms with Crippen LogP contribution in [0.4, 0.5) is 0 Å². The summed E-state index contributed by atoms with van der Waals surface area (Å²) in [4.78, 5) is 50.6. The molecule has 0 fully saturated rings. The molecule has 1 aromatic carbocycles. The molecule has 0 aliphatic carbocycles. The Balaban J connectivity index is 1.83. The molecular formula is C22H26N4O4S. The van der Waals surface area contributed by atoms with Gasteiger partial charge < -0.3 is 10.6 Å². The maximum atomic E-state index is 13.0. The van der Waals surface area contributed by atoms with Gasteiger partial charge in [-0.25, -0.2) is 9.36 Å². The summed E-state index contributed by atoms with van der Waals surface area (Å²) in [5, 5.41) is 7.24. The zero-order valence-corrected chi connectivity index (χ0v) is 18.6. The van der Waals surface area contributed by atoms with E-state index in [9.17, 15) is 19.2 Å². The smallest absolute Gasteiger partial charge is 0.332 e. The monoisotopic (exact) mass is 442 g/mol. The molecule has 0 aliphatic heterocycles. The fourth-order valence-corrected chi connectivity index (χ4v) is 3.94. The fourth-order valence-electron chi connectivity index (χ4n) is 3.10. The number of nitrogens with zero attached hydrogens (tertiary/aromatic N) is 2. The number of nitrogens with one attached hydrogen (secondary N) is 2. The largest absolute Gasteiger partial charge is 0.352 e. The third-order valence-electron chi connectivity index (χ3n) is 5.07. The Labute approximate surface area is 183 Å². The van der Waals surface area contributed by atoms with Gasteiger partial charge in [0.25, 0.3) is 5.56 Å². The zero-order chi connectivity index (χ0) is 22.5. The molecule has 3 aromatic rings. The van der Waals surface area contributed by atoms with Crippen LogP contribution in [0, 0.1) is 6.92 Å². The van der Waals surface area contributed by atoms with Crippen LogP contribution in [0.5, 0.6) is 0 Å². The second kappa shape index (κ2) is 9.74. The number of amides is 2. The number of hydrogen-bond donors (Lipinski definition) is 2. The second-order valence-corrected chi connectivity index (χ2v) is 8.45. The lowest BCUT2D eigenvalue weighted by Crippen LogP contribution is -2.45. The van der Waals surface area contributed by atoms with E-state index < -0.39 is 23.7 Å². The zero-order valence-electron chi connectivity index (χ0n) is 17.8. The first-order valence-electron chi connectivity index (χ1n) is 10.1. The number of fused-ring (bicyclic) bond motifs is 1. The first-order chi connectivity index (χ1) is 14.8. The summed E-state index contributed by atoms with van der Waals surface area (Å²) in [6.45, 7) is 5.46. The van der Waals surface area contributed by atoms with Crippen LogP contribution in [0.15, 0.2) is 45.3 Å². The van der Waals surface area contributed by atoms with E-state index in [1.54, 1.807) is 11.4 Å². The number of aromatic nitrogens is 2. The maximum Gasteiger partial charge on any atom is 0.332 e. The summed E-state index contributed by atoms with van der Waals surface area (Å²) in [6.07, 6.45) is 0.759. The second-order valence-electron chi connectivity index (χ2n) is 7.53. The van der Waals surface area contributed by atoms with E-state index in [-0.39, 0.29) is 18.5 Å². The van der Waals surface area contributed by atoms with Gasteiger partial charge in [0.2, 0.25) is 11.8 Å². The van der Waals surface area contributed by atoms with Crippen LogP contribution in [0.2, 0.25) is 0 Å². The third kappa shape index (κ3) is 5.29. The van der Waals surface area contributed by atoms with E-state index in [2.05, 4.69) is 10.6 Å². The van der Waals surface area contributed by atoms with E-state index >= 15 is 0 Å². The minimum absolute atomic E-state index is 0.0281. The molecule has 2 amide bonds.